The number of nitrogens with zero attached hydrogens (tertiary/aromatic N) is 5. The van der Waals surface area contributed by atoms with Crippen molar-refractivity contribution in [1.29, 1.82) is 0 Å². The maximum absolute atomic E-state index is 14.7. The van der Waals surface area contributed by atoms with Crippen molar-refractivity contribution in [2.45, 2.75) is 33.1 Å². The zero-order valence-corrected chi connectivity index (χ0v) is 18.1. The van der Waals surface area contributed by atoms with E-state index in [0.29, 0.717) is 24.3 Å². The molecule has 0 atom stereocenters. The highest BCUT2D eigenvalue weighted by atomic mass is 19.1. The molecule has 1 aromatic carbocycles. The van der Waals surface area contributed by atoms with E-state index in [9.17, 15) is 4.39 Å². The van der Waals surface area contributed by atoms with Crippen LogP contribution < -0.4 is 11.1 Å². The van der Waals surface area contributed by atoms with Gasteiger partial charge in [0.2, 0.25) is 5.95 Å². The quantitative estimate of drug-likeness (QED) is 0.485. The standard InChI is InChI=1S/C23H26FN7/c1-13(2)22-16-11-15(6-7-19(16)30-31(22)4)21-17(24)12-26-23(29-21)28-20-8-5-14(3)18(27-20)9-10-25/h5-8,11-13H,9-10,25H2,1-4H3,(H,26,27,28,29). The van der Waals surface area contributed by atoms with Gasteiger partial charge in [-0.05, 0) is 43.1 Å². The first-order chi connectivity index (χ1) is 14.9. The van der Waals surface area contributed by atoms with E-state index in [0.717, 1.165) is 27.9 Å². The van der Waals surface area contributed by atoms with Crippen LogP contribution in [0, 0.1) is 12.7 Å². The predicted molar refractivity (Wildman–Crippen MR) is 121 cm³/mol. The van der Waals surface area contributed by atoms with Crippen molar-refractivity contribution in [3.8, 4) is 11.3 Å². The van der Waals surface area contributed by atoms with Gasteiger partial charge in [-0.3, -0.25) is 4.68 Å². The molecule has 31 heavy (non-hydrogen) atoms. The minimum Gasteiger partial charge on any atom is -0.330 e. The molecule has 0 fully saturated rings. The third-order valence-corrected chi connectivity index (χ3v) is 5.27. The Kier molecular flexibility index (Phi) is 5.65. The average molecular weight is 420 g/mol. The number of nitrogens with one attached hydrogen (secondary N) is 1. The summed E-state index contributed by atoms with van der Waals surface area (Å²) in [6.45, 7) is 6.74. The number of aromatic nitrogens is 5. The molecule has 0 radical (unpaired) electrons. The Morgan fingerprint density at radius 2 is 1.97 bits per heavy atom. The van der Waals surface area contributed by atoms with Crippen molar-refractivity contribution in [3.05, 3.63) is 59.3 Å². The summed E-state index contributed by atoms with van der Waals surface area (Å²) in [4.78, 5) is 13.1. The van der Waals surface area contributed by atoms with E-state index < -0.39 is 5.82 Å². The van der Waals surface area contributed by atoms with Gasteiger partial charge >= 0.3 is 0 Å². The van der Waals surface area contributed by atoms with E-state index >= 15 is 0 Å². The number of rotatable bonds is 6. The molecule has 0 unspecified atom stereocenters. The first kappa shape index (κ1) is 20.9. The number of aryl methyl sites for hydroxylation is 2. The van der Waals surface area contributed by atoms with Crippen LogP contribution in [-0.2, 0) is 13.5 Å². The number of fused-ring (bicyclic) bond motifs is 1. The Morgan fingerprint density at radius 1 is 1.16 bits per heavy atom. The molecule has 0 aliphatic heterocycles. The van der Waals surface area contributed by atoms with Crippen LogP contribution in [0.5, 0.6) is 0 Å². The first-order valence-corrected chi connectivity index (χ1v) is 10.3. The van der Waals surface area contributed by atoms with E-state index in [-0.39, 0.29) is 17.6 Å². The molecule has 0 aliphatic rings. The van der Waals surface area contributed by atoms with Crippen molar-refractivity contribution in [3.63, 3.8) is 0 Å². The molecule has 8 heteroatoms. The van der Waals surface area contributed by atoms with Gasteiger partial charge in [0.1, 0.15) is 11.5 Å². The van der Waals surface area contributed by atoms with Gasteiger partial charge in [0.25, 0.3) is 0 Å². The van der Waals surface area contributed by atoms with Gasteiger partial charge in [-0.2, -0.15) is 5.10 Å². The fourth-order valence-electron chi connectivity index (χ4n) is 3.82. The molecular formula is C23H26FN7. The van der Waals surface area contributed by atoms with Crippen LogP contribution in [0.3, 0.4) is 0 Å². The lowest BCUT2D eigenvalue weighted by atomic mass is 10.0. The van der Waals surface area contributed by atoms with Crippen molar-refractivity contribution in [1.82, 2.24) is 24.7 Å². The summed E-state index contributed by atoms with van der Waals surface area (Å²) in [7, 11) is 1.93. The Bertz CT molecular complexity index is 1250. The molecule has 4 aromatic rings. The second-order valence-corrected chi connectivity index (χ2v) is 7.91. The van der Waals surface area contributed by atoms with E-state index in [1.54, 1.807) is 0 Å². The molecule has 0 aliphatic carbocycles. The molecule has 3 aromatic heterocycles. The van der Waals surface area contributed by atoms with Gasteiger partial charge in [0, 0.05) is 35.8 Å². The lowest BCUT2D eigenvalue weighted by Gasteiger charge is -2.10. The van der Waals surface area contributed by atoms with Crippen LogP contribution in [0.4, 0.5) is 16.2 Å². The van der Waals surface area contributed by atoms with Crippen LogP contribution in [0.25, 0.3) is 22.2 Å². The fourth-order valence-corrected chi connectivity index (χ4v) is 3.82. The highest BCUT2D eigenvalue weighted by Gasteiger charge is 2.16. The topological polar surface area (TPSA) is 94.5 Å². The summed E-state index contributed by atoms with van der Waals surface area (Å²) >= 11 is 0. The van der Waals surface area contributed by atoms with Gasteiger partial charge in [0.15, 0.2) is 5.82 Å². The van der Waals surface area contributed by atoms with E-state index in [1.165, 1.54) is 6.20 Å². The Labute approximate surface area is 180 Å². The molecule has 160 valence electrons. The third-order valence-electron chi connectivity index (χ3n) is 5.27. The molecule has 4 rings (SSSR count). The zero-order valence-electron chi connectivity index (χ0n) is 18.1. The van der Waals surface area contributed by atoms with Crippen molar-refractivity contribution in [2.75, 3.05) is 11.9 Å². The van der Waals surface area contributed by atoms with Gasteiger partial charge in [-0.15, -0.1) is 0 Å². The lowest BCUT2D eigenvalue weighted by Crippen LogP contribution is -2.08. The number of anilines is 2. The highest BCUT2D eigenvalue weighted by Crippen LogP contribution is 2.30. The highest BCUT2D eigenvalue weighted by molar-refractivity contribution is 5.86. The SMILES string of the molecule is Cc1ccc(Nc2ncc(F)c(-c3ccc4nn(C)c(C(C)C)c4c3)n2)nc1CCN. The minimum atomic E-state index is -0.486. The zero-order chi connectivity index (χ0) is 22.1. The summed E-state index contributed by atoms with van der Waals surface area (Å²) in [6, 6.07) is 9.48. The molecule has 0 amide bonds. The minimum absolute atomic E-state index is 0.229. The Balaban J connectivity index is 1.72. The van der Waals surface area contributed by atoms with E-state index in [1.807, 2.05) is 49.0 Å². The Hall–Kier alpha value is -3.39. The average Bonchev–Trinajstić information content (AvgIpc) is 3.07. The smallest absolute Gasteiger partial charge is 0.229 e. The Morgan fingerprint density at radius 3 is 2.71 bits per heavy atom. The number of benzene rings is 1. The summed E-state index contributed by atoms with van der Waals surface area (Å²) in [5.41, 5.74) is 10.5. The number of pyridine rings is 1. The molecule has 0 saturated heterocycles. The van der Waals surface area contributed by atoms with Gasteiger partial charge in [-0.25, -0.2) is 19.3 Å². The largest absolute Gasteiger partial charge is 0.330 e. The van der Waals surface area contributed by atoms with Crippen molar-refractivity contribution < 1.29 is 4.39 Å². The lowest BCUT2D eigenvalue weighted by molar-refractivity contribution is 0.619. The predicted octanol–water partition coefficient (Wildman–Crippen LogP) is 4.24. The number of hydrogen-bond acceptors (Lipinski definition) is 6. The molecule has 0 bridgehead atoms. The van der Waals surface area contributed by atoms with Crippen molar-refractivity contribution in [2.24, 2.45) is 12.8 Å². The monoisotopic (exact) mass is 419 g/mol. The summed E-state index contributed by atoms with van der Waals surface area (Å²) in [5.74, 6) is 0.673. The number of halogens is 1. The van der Waals surface area contributed by atoms with Crippen LogP contribution in [-0.4, -0.2) is 31.3 Å². The maximum Gasteiger partial charge on any atom is 0.229 e. The second-order valence-electron chi connectivity index (χ2n) is 7.91. The maximum atomic E-state index is 14.7. The summed E-state index contributed by atoms with van der Waals surface area (Å²) in [6.07, 6.45) is 1.86. The van der Waals surface area contributed by atoms with E-state index in [2.05, 4.69) is 39.2 Å². The molecule has 0 saturated carbocycles. The number of nitrogens with two attached hydrogens (primary N) is 1. The molecule has 3 N–H and O–H groups in total. The summed E-state index contributed by atoms with van der Waals surface area (Å²) in [5, 5.41) is 8.63. The fraction of sp³-hybridized carbons (Fsp3) is 0.304. The second kappa shape index (κ2) is 8.39. The van der Waals surface area contributed by atoms with Crippen molar-refractivity contribution >= 4 is 22.7 Å². The van der Waals surface area contributed by atoms with E-state index in [4.69, 9.17) is 5.73 Å². The summed E-state index contributed by atoms with van der Waals surface area (Å²) < 4.78 is 16.6. The van der Waals surface area contributed by atoms with Gasteiger partial charge in [-0.1, -0.05) is 26.0 Å². The van der Waals surface area contributed by atoms with Crippen LogP contribution >= 0.6 is 0 Å². The van der Waals surface area contributed by atoms with Crippen LogP contribution in [0.1, 0.15) is 36.7 Å². The van der Waals surface area contributed by atoms with Gasteiger partial charge in [0.05, 0.1) is 11.7 Å². The van der Waals surface area contributed by atoms with Crippen LogP contribution in [0.15, 0.2) is 36.5 Å². The molecular weight excluding hydrogens is 393 g/mol. The third kappa shape index (κ3) is 4.11. The van der Waals surface area contributed by atoms with Gasteiger partial charge < -0.3 is 11.1 Å². The molecule has 7 nitrogen and oxygen atoms in total. The van der Waals surface area contributed by atoms with Crippen LogP contribution in [0.2, 0.25) is 0 Å². The normalized spacial score (nSPS) is 11.5. The first-order valence-electron chi connectivity index (χ1n) is 10.3. The molecule has 3 heterocycles. The number of hydrogen-bond donors (Lipinski definition) is 2. The molecule has 0 spiro atoms.